The van der Waals surface area contributed by atoms with Crippen LogP contribution in [0, 0.1) is 6.92 Å². The Morgan fingerprint density at radius 1 is 1.27 bits per heavy atom. The number of fused-ring (bicyclic) bond motifs is 1. The maximum Gasteiger partial charge on any atom is 0.153 e. The molecule has 0 spiro atoms. The highest BCUT2D eigenvalue weighted by Gasteiger charge is 2.03. The molecule has 0 aromatic carbocycles. The molecule has 0 atom stereocenters. The molecule has 1 aliphatic heterocycles. The summed E-state index contributed by atoms with van der Waals surface area (Å²) < 4.78 is 0. The number of aryl methyl sites for hydroxylation is 1. The van der Waals surface area contributed by atoms with E-state index in [1.807, 2.05) is 25.5 Å². The third kappa shape index (κ3) is 1.05. The first-order chi connectivity index (χ1) is 5.36. The number of anilines is 2. The van der Waals surface area contributed by atoms with Gasteiger partial charge in [-0.15, -0.1) is 0 Å². The van der Waals surface area contributed by atoms with Gasteiger partial charge in [-0.2, -0.15) is 0 Å². The lowest BCUT2D eigenvalue weighted by molar-refractivity contribution is 1.24. The minimum absolute atomic E-state index is 0.887. The van der Waals surface area contributed by atoms with Gasteiger partial charge < -0.3 is 10.6 Å². The molecule has 2 heterocycles. The van der Waals surface area contributed by atoms with Crippen LogP contribution in [0.25, 0.3) is 0 Å². The van der Waals surface area contributed by atoms with E-state index in [2.05, 4.69) is 21.7 Å². The summed E-state index contributed by atoms with van der Waals surface area (Å²) in [5, 5.41) is 6.13. The Hall–Kier alpha value is -1.51. The van der Waals surface area contributed by atoms with Crippen LogP contribution in [0.1, 0.15) is 5.56 Å². The molecule has 0 saturated carbocycles. The van der Waals surface area contributed by atoms with Gasteiger partial charge in [0.1, 0.15) is 0 Å². The topological polar surface area (TPSA) is 37.0 Å². The van der Waals surface area contributed by atoms with Gasteiger partial charge in [0.05, 0.1) is 5.69 Å². The zero-order valence-electron chi connectivity index (χ0n) is 6.26. The first kappa shape index (κ1) is 6.22. The molecule has 3 nitrogen and oxygen atoms in total. The van der Waals surface area contributed by atoms with Crippen LogP contribution in [-0.2, 0) is 0 Å². The molecule has 0 fully saturated rings. The van der Waals surface area contributed by atoms with Crippen molar-refractivity contribution in [2.45, 2.75) is 6.92 Å². The highest BCUT2D eigenvalue weighted by atomic mass is 15.1. The number of hydrogen-bond donors (Lipinski definition) is 2. The van der Waals surface area contributed by atoms with Crippen LogP contribution in [0.5, 0.6) is 0 Å². The van der Waals surface area contributed by atoms with Crippen LogP contribution >= 0.6 is 0 Å². The second-order valence-electron chi connectivity index (χ2n) is 2.53. The van der Waals surface area contributed by atoms with E-state index in [1.54, 1.807) is 0 Å². The van der Waals surface area contributed by atoms with E-state index in [1.165, 1.54) is 0 Å². The van der Waals surface area contributed by atoms with Crippen molar-refractivity contribution < 1.29 is 0 Å². The average Bonchev–Trinajstić information content (AvgIpc) is 2.04. The van der Waals surface area contributed by atoms with Gasteiger partial charge in [-0.1, -0.05) is 0 Å². The summed E-state index contributed by atoms with van der Waals surface area (Å²) in [6, 6.07) is 2.05. The maximum absolute atomic E-state index is 4.19. The second-order valence-corrected chi connectivity index (χ2v) is 2.53. The molecule has 56 valence electrons. The Bertz CT molecular complexity index is 304. The standard InChI is InChI=1S/C8H9N3/c1-6-4-7-8(11-5-6)10-3-2-9-7/h2-5,9H,1H3,(H,10,11). The number of pyridine rings is 1. The Morgan fingerprint density at radius 2 is 2.09 bits per heavy atom. The Kier molecular flexibility index (Phi) is 1.28. The first-order valence-corrected chi connectivity index (χ1v) is 3.51. The molecule has 0 radical (unpaired) electrons. The summed E-state index contributed by atoms with van der Waals surface area (Å²) >= 11 is 0. The van der Waals surface area contributed by atoms with Crippen molar-refractivity contribution in [1.82, 2.24) is 4.98 Å². The number of nitrogens with zero attached hydrogens (tertiary/aromatic N) is 1. The van der Waals surface area contributed by atoms with Gasteiger partial charge in [0.15, 0.2) is 5.82 Å². The van der Waals surface area contributed by atoms with Crippen LogP contribution in [0.15, 0.2) is 24.7 Å². The molecular weight excluding hydrogens is 138 g/mol. The van der Waals surface area contributed by atoms with E-state index in [4.69, 9.17) is 0 Å². The van der Waals surface area contributed by atoms with Crippen molar-refractivity contribution in [3.05, 3.63) is 30.2 Å². The zero-order chi connectivity index (χ0) is 7.68. The smallest absolute Gasteiger partial charge is 0.153 e. The van der Waals surface area contributed by atoms with Crippen LogP contribution in [0.4, 0.5) is 11.5 Å². The summed E-state index contributed by atoms with van der Waals surface area (Å²) in [4.78, 5) is 4.19. The van der Waals surface area contributed by atoms with Gasteiger partial charge in [-0.05, 0) is 18.6 Å². The van der Waals surface area contributed by atoms with E-state index in [0.717, 1.165) is 17.1 Å². The molecule has 2 N–H and O–H groups in total. The summed E-state index contributed by atoms with van der Waals surface area (Å²) in [6.45, 7) is 2.02. The molecule has 0 amide bonds. The predicted molar refractivity (Wildman–Crippen MR) is 45.4 cm³/mol. The molecular formula is C8H9N3. The van der Waals surface area contributed by atoms with Gasteiger partial charge >= 0.3 is 0 Å². The van der Waals surface area contributed by atoms with Crippen LogP contribution < -0.4 is 10.6 Å². The van der Waals surface area contributed by atoms with Gasteiger partial charge in [-0.3, -0.25) is 0 Å². The Labute approximate surface area is 65.2 Å². The van der Waals surface area contributed by atoms with Crippen molar-refractivity contribution >= 4 is 11.5 Å². The lowest BCUT2D eigenvalue weighted by Crippen LogP contribution is -2.04. The highest BCUT2D eigenvalue weighted by Crippen LogP contribution is 2.21. The highest BCUT2D eigenvalue weighted by molar-refractivity contribution is 5.69. The van der Waals surface area contributed by atoms with Gasteiger partial charge in [0.25, 0.3) is 0 Å². The number of rotatable bonds is 0. The zero-order valence-corrected chi connectivity index (χ0v) is 6.26. The van der Waals surface area contributed by atoms with Gasteiger partial charge in [-0.25, -0.2) is 4.98 Å². The monoisotopic (exact) mass is 147 g/mol. The molecule has 0 bridgehead atoms. The molecule has 0 saturated heterocycles. The van der Waals surface area contributed by atoms with Crippen LogP contribution in [0.2, 0.25) is 0 Å². The molecule has 1 aliphatic rings. The SMILES string of the molecule is Cc1cnc2c(c1)NC=CN2. The fourth-order valence-electron chi connectivity index (χ4n) is 1.05. The first-order valence-electron chi connectivity index (χ1n) is 3.51. The van der Waals surface area contributed by atoms with Crippen molar-refractivity contribution in [3.8, 4) is 0 Å². The summed E-state index contributed by atoms with van der Waals surface area (Å²) in [7, 11) is 0. The lowest BCUT2D eigenvalue weighted by Gasteiger charge is -2.12. The van der Waals surface area contributed by atoms with E-state index in [-0.39, 0.29) is 0 Å². The number of hydrogen-bond acceptors (Lipinski definition) is 3. The van der Waals surface area contributed by atoms with Crippen LogP contribution in [0.3, 0.4) is 0 Å². The van der Waals surface area contributed by atoms with E-state index >= 15 is 0 Å². The van der Waals surface area contributed by atoms with Gasteiger partial charge in [0.2, 0.25) is 0 Å². The Morgan fingerprint density at radius 3 is 3.00 bits per heavy atom. The van der Waals surface area contributed by atoms with Crippen molar-refractivity contribution in [2.75, 3.05) is 10.6 Å². The average molecular weight is 147 g/mol. The third-order valence-electron chi connectivity index (χ3n) is 1.57. The molecule has 11 heavy (non-hydrogen) atoms. The third-order valence-corrected chi connectivity index (χ3v) is 1.57. The van der Waals surface area contributed by atoms with E-state index < -0.39 is 0 Å². The van der Waals surface area contributed by atoms with Crippen LogP contribution in [-0.4, -0.2) is 4.98 Å². The molecule has 1 aromatic heterocycles. The fourth-order valence-corrected chi connectivity index (χ4v) is 1.05. The number of aromatic nitrogens is 1. The van der Waals surface area contributed by atoms with Gasteiger partial charge in [0, 0.05) is 18.6 Å². The van der Waals surface area contributed by atoms with E-state index in [9.17, 15) is 0 Å². The fraction of sp³-hybridized carbons (Fsp3) is 0.125. The van der Waals surface area contributed by atoms with Crippen molar-refractivity contribution in [2.24, 2.45) is 0 Å². The number of nitrogens with one attached hydrogen (secondary N) is 2. The summed E-state index contributed by atoms with van der Waals surface area (Å²) in [5.74, 6) is 0.887. The molecule has 0 unspecified atom stereocenters. The van der Waals surface area contributed by atoms with E-state index in [0.29, 0.717) is 0 Å². The molecule has 3 heteroatoms. The minimum atomic E-state index is 0.887. The Balaban J connectivity index is 2.48. The quantitative estimate of drug-likeness (QED) is 0.586. The maximum atomic E-state index is 4.19. The summed E-state index contributed by atoms with van der Waals surface area (Å²) in [5.41, 5.74) is 2.20. The van der Waals surface area contributed by atoms with Crippen molar-refractivity contribution in [1.29, 1.82) is 0 Å². The molecule has 1 aromatic rings. The normalized spacial score (nSPS) is 13.2. The second kappa shape index (κ2) is 2.27. The predicted octanol–water partition coefficient (Wildman–Crippen LogP) is 1.70. The lowest BCUT2D eigenvalue weighted by atomic mass is 10.2. The summed E-state index contributed by atoms with van der Waals surface area (Å²) in [6.07, 6.45) is 5.51. The minimum Gasteiger partial charge on any atom is -0.357 e. The molecule has 2 rings (SSSR count). The molecule has 0 aliphatic carbocycles. The van der Waals surface area contributed by atoms with Crippen molar-refractivity contribution in [3.63, 3.8) is 0 Å². The largest absolute Gasteiger partial charge is 0.357 e.